The summed E-state index contributed by atoms with van der Waals surface area (Å²) in [6, 6.07) is 11.0. The summed E-state index contributed by atoms with van der Waals surface area (Å²) < 4.78 is 0. The maximum absolute atomic E-state index is 3.67. The smallest absolute Gasteiger partial charge is 0.00718 e. The van der Waals surface area contributed by atoms with Gasteiger partial charge in [-0.2, -0.15) is 0 Å². The second kappa shape index (κ2) is 8.84. The van der Waals surface area contributed by atoms with Crippen LogP contribution in [0.4, 0.5) is 0 Å². The van der Waals surface area contributed by atoms with Gasteiger partial charge < -0.3 is 4.90 Å². The molecule has 1 fully saturated rings. The first-order valence-corrected chi connectivity index (χ1v) is 9.26. The Morgan fingerprint density at radius 2 is 1.90 bits per heavy atom. The fourth-order valence-corrected chi connectivity index (χ4v) is 3.84. The fourth-order valence-electron chi connectivity index (χ4n) is 3.31. The van der Waals surface area contributed by atoms with Crippen LogP contribution in [0.5, 0.6) is 0 Å². The average Bonchev–Trinajstić information content (AvgIpc) is 2.50. The molecule has 1 aliphatic rings. The second-order valence-corrected chi connectivity index (χ2v) is 6.89. The number of piperidine rings is 1. The molecule has 1 heterocycles. The summed E-state index contributed by atoms with van der Waals surface area (Å²) in [5, 5.41) is 1.16. The molecular formula is C18H28BrN. The molecule has 0 aliphatic carbocycles. The van der Waals surface area contributed by atoms with Crippen molar-refractivity contribution < 1.29 is 0 Å². The topological polar surface area (TPSA) is 3.24 Å². The maximum Gasteiger partial charge on any atom is 0.00718 e. The molecule has 1 unspecified atom stereocenters. The standard InChI is InChI=1S/C18H28BrN/c1-2-6-18(14-19)15-20-11-9-17(10-12-20)13-16-7-4-3-5-8-16/h3-5,7-8,17-18H,2,6,9-15H2,1H3. The van der Waals surface area contributed by atoms with Crippen molar-refractivity contribution >= 4 is 15.9 Å². The van der Waals surface area contributed by atoms with Gasteiger partial charge in [0.1, 0.15) is 0 Å². The molecule has 2 heteroatoms. The van der Waals surface area contributed by atoms with Crippen LogP contribution in [0.25, 0.3) is 0 Å². The van der Waals surface area contributed by atoms with E-state index in [2.05, 4.69) is 58.1 Å². The number of benzene rings is 1. The Morgan fingerprint density at radius 3 is 2.50 bits per heavy atom. The summed E-state index contributed by atoms with van der Waals surface area (Å²) in [6.45, 7) is 6.17. The number of hydrogen-bond donors (Lipinski definition) is 0. The molecule has 0 amide bonds. The van der Waals surface area contributed by atoms with E-state index < -0.39 is 0 Å². The summed E-state index contributed by atoms with van der Waals surface area (Å²) in [4.78, 5) is 2.68. The summed E-state index contributed by atoms with van der Waals surface area (Å²) in [5.41, 5.74) is 1.51. The van der Waals surface area contributed by atoms with E-state index in [1.54, 1.807) is 0 Å². The van der Waals surface area contributed by atoms with Crippen molar-refractivity contribution in [2.75, 3.05) is 25.0 Å². The predicted molar refractivity (Wildman–Crippen MR) is 91.5 cm³/mol. The van der Waals surface area contributed by atoms with Gasteiger partial charge in [0.15, 0.2) is 0 Å². The van der Waals surface area contributed by atoms with Crippen molar-refractivity contribution in [3.63, 3.8) is 0 Å². The van der Waals surface area contributed by atoms with Crippen LogP contribution in [0.15, 0.2) is 30.3 Å². The minimum atomic E-state index is 0.839. The van der Waals surface area contributed by atoms with E-state index in [0.29, 0.717) is 0 Å². The van der Waals surface area contributed by atoms with Crippen LogP contribution >= 0.6 is 15.9 Å². The van der Waals surface area contributed by atoms with Crippen LogP contribution in [0.2, 0.25) is 0 Å². The molecule has 0 bridgehead atoms. The van der Waals surface area contributed by atoms with Crippen LogP contribution in [0.3, 0.4) is 0 Å². The highest BCUT2D eigenvalue weighted by molar-refractivity contribution is 9.09. The summed E-state index contributed by atoms with van der Waals surface area (Å²) >= 11 is 3.67. The first kappa shape index (κ1) is 16.0. The molecule has 1 saturated heterocycles. The lowest BCUT2D eigenvalue weighted by Crippen LogP contribution is -2.38. The largest absolute Gasteiger partial charge is 0.303 e. The van der Waals surface area contributed by atoms with Crippen molar-refractivity contribution in [3.8, 4) is 0 Å². The minimum absolute atomic E-state index is 0.839. The van der Waals surface area contributed by atoms with Gasteiger partial charge in [-0.1, -0.05) is 59.6 Å². The number of hydrogen-bond acceptors (Lipinski definition) is 1. The van der Waals surface area contributed by atoms with E-state index in [-0.39, 0.29) is 0 Å². The number of likely N-dealkylation sites (tertiary alicyclic amines) is 1. The van der Waals surface area contributed by atoms with E-state index in [9.17, 15) is 0 Å². The van der Waals surface area contributed by atoms with Crippen LogP contribution in [-0.2, 0) is 6.42 Å². The van der Waals surface area contributed by atoms with E-state index in [1.807, 2.05) is 0 Å². The Balaban J connectivity index is 1.72. The maximum atomic E-state index is 3.67. The van der Waals surface area contributed by atoms with Crippen molar-refractivity contribution in [2.24, 2.45) is 11.8 Å². The van der Waals surface area contributed by atoms with Gasteiger partial charge in [-0.05, 0) is 56.2 Å². The zero-order chi connectivity index (χ0) is 14.2. The molecule has 0 spiro atoms. The van der Waals surface area contributed by atoms with Crippen LogP contribution in [0.1, 0.15) is 38.2 Å². The molecule has 2 rings (SSSR count). The van der Waals surface area contributed by atoms with Gasteiger partial charge in [-0.3, -0.25) is 0 Å². The highest BCUT2D eigenvalue weighted by atomic mass is 79.9. The number of rotatable bonds is 7. The number of halogens is 1. The molecule has 20 heavy (non-hydrogen) atoms. The minimum Gasteiger partial charge on any atom is -0.303 e. The molecule has 0 saturated carbocycles. The number of nitrogens with zero attached hydrogens (tertiary/aromatic N) is 1. The molecule has 1 atom stereocenters. The zero-order valence-corrected chi connectivity index (χ0v) is 14.3. The summed E-state index contributed by atoms with van der Waals surface area (Å²) in [6.07, 6.45) is 6.67. The zero-order valence-electron chi connectivity index (χ0n) is 12.7. The Kier molecular flexibility index (Phi) is 7.09. The van der Waals surface area contributed by atoms with E-state index in [4.69, 9.17) is 0 Å². The predicted octanol–water partition coefficient (Wildman–Crippen LogP) is 4.75. The third-order valence-electron chi connectivity index (χ3n) is 4.51. The molecule has 1 aromatic rings. The van der Waals surface area contributed by atoms with Gasteiger partial charge in [0.25, 0.3) is 0 Å². The van der Waals surface area contributed by atoms with Gasteiger partial charge >= 0.3 is 0 Å². The Labute approximate surface area is 132 Å². The summed E-state index contributed by atoms with van der Waals surface area (Å²) in [5.74, 6) is 1.73. The van der Waals surface area contributed by atoms with E-state index in [0.717, 1.165) is 17.2 Å². The lowest BCUT2D eigenvalue weighted by atomic mass is 9.89. The molecule has 0 radical (unpaired) electrons. The van der Waals surface area contributed by atoms with E-state index >= 15 is 0 Å². The van der Waals surface area contributed by atoms with Crippen molar-refractivity contribution in [1.29, 1.82) is 0 Å². The molecule has 0 N–H and O–H groups in total. The fraction of sp³-hybridized carbons (Fsp3) is 0.667. The quantitative estimate of drug-likeness (QED) is 0.649. The van der Waals surface area contributed by atoms with Crippen LogP contribution < -0.4 is 0 Å². The lowest BCUT2D eigenvalue weighted by molar-refractivity contribution is 0.162. The Bertz CT molecular complexity index is 357. The van der Waals surface area contributed by atoms with Gasteiger partial charge in [0, 0.05) is 11.9 Å². The molecule has 1 nitrogen and oxygen atoms in total. The van der Waals surface area contributed by atoms with E-state index in [1.165, 1.54) is 57.3 Å². The summed E-state index contributed by atoms with van der Waals surface area (Å²) in [7, 11) is 0. The van der Waals surface area contributed by atoms with Gasteiger partial charge in [0.2, 0.25) is 0 Å². The van der Waals surface area contributed by atoms with Crippen LogP contribution in [-0.4, -0.2) is 29.9 Å². The molecule has 0 aromatic heterocycles. The van der Waals surface area contributed by atoms with Crippen molar-refractivity contribution in [2.45, 2.75) is 39.0 Å². The highest BCUT2D eigenvalue weighted by Crippen LogP contribution is 2.23. The molecule has 1 aromatic carbocycles. The molecular weight excluding hydrogens is 310 g/mol. The third kappa shape index (κ3) is 5.21. The van der Waals surface area contributed by atoms with Crippen LogP contribution in [0, 0.1) is 11.8 Å². The first-order chi connectivity index (χ1) is 9.81. The molecule has 1 aliphatic heterocycles. The van der Waals surface area contributed by atoms with Crippen molar-refractivity contribution in [3.05, 3.63) is 35.9 Å². The number of alkyl halides is 1. The monoisotopic (exact) mass is 337 g/mol. The van der Waals surface area contributed by atoms with Gasteiger partial charge in [-0.25, -0.2) is 0 Å². The average molecular weight is 338 g/mol. The highest BCUT2D eigenvalue weighted by Gasteiger charge is 2.21. The van der Waals surface area contributed by atoms with Gasteiger partial charge in [-0.15, -0.1) is 0 Å². The molecule has 112 valence electrons. The Hall–Kier alpha value is -0.340. The second-order valence-electron chi connectivity index (χ2n) is 6.24. The van der Waals surface area contributed by atoms with Gasteiger partial charge in [0.05, 0.1) is 0 Å². The van der Waals surface area contributed by atoms with Crippen molar-refractivity contribution in [1.82, 2.24) is 4.90 Å². The Morgan fingerprint density at radius 1 is 1.20 bits per heavy atom. The third-order valence-corrected chi connectivity index (χ3v) is 5.42. The lowest BCUT2D eigenvalue weighted by Gasteiger charge is -2.34. The normalized spacial score (nSPS) is 19.1. The SMILES string of the molecule is CCCC(CBr)CN1CCC(Cc2ccccc2)CC1. The first-order valence-electron chi connectivity index (χ1n) is 8.14.